The molecule has 5 rings (SSSR count). The summed E-state index contributed by atoms with van der Waals surface area (Å²) < 4.78 is 73.7. The molecule has 15 heteroatoms. The van der Waals surface area contributed by atoms with Gasteiger partial charge in [-0.05, 0) is 36.2 Å². The van der Waals surface area contributed by atoms with Gasteiger partial charge < -0.3 is 24.8 Å². The van der Waals surface area contributed by atoms with E-state index in [-0.39, 0.29) is 25.2 Å². The van der Waals surface area contributed by atoms with Gasteiger partial charge in [-0.1, -0.05) is 30.3 Å². The Morgan fingerprint density at radius 1 is 0.978 bits per heavy atom. The Balaban J connectivity index is 1.44. The molecule has 2 heterocycles. The molecular weight excluding hydrogens is 617 g/mol. The smallest absolute Gasteiger partial charge is 0.409 e. The van der Waals surface area contributed by atoms with E-state index in [1.165, 1.54) is 35.8 Å². The Bertz CT molecular complexity index is 1930. The molecule has 0 spiro atoms. The molecule has 10 nitrogen and oxygen atoms in total. The second-order valence-corrected chi connectivity index (χ2v) is 11.0. The summed E-state index contributed by atoms with van der Waals surface area (Å²) in [6, 6.07) is 8.20. The van der Waals surface area contributed by atoms with Crippen molar-refractivity contribution in [3.8, 4) is 5.69 Å². The van der Waals surface area contributed by atoms with Crippen LogP contribution in [0, 0.1) is 11.6 Å². The molecule has 0 bridgehead atoms. The lowest BCUT2D eigenvalue weighted by Crippen LogP contribution is -2.58. The quantitative estimate of drug-likeness (QED) is 0.297. The highest BCUT2D eigenvalue weighted by molar-refractivity contribution is 5.98. The van der Waals surface area contributed by atoms with E-state index in [4.69, 9.17) is 0 Å². The molecule has 3 aromatic carbocycles. The van der Waals surface area contributed by atoms with E-state index in [0.717, 1.165) is 9.47 Å². The number of hydrogen-bond donors (Lipinski definition) is 2. The predicted octanol–water partition coefficient (Wildman–Crippen LogP) is 3.08. The summed E-state index contributed by atoms with van der Waals surface area (Å²) in [7, 11) is 2.97. The molecule has 1 saturated heterocycles. The molecule has 46 heavy (non-hydrogen) atoms. The first-order valence-corrected chi connectivity index (χ1v) is 14.0. The fourth-order valence-corrected chi connectivity index (χ4v) is 5.62. The van der Waals surface area contributed by atoms with Crippen molar-refractivity contribution >= 4 is 28.3 Å². The zero-order valence-corrected chi connectivity index (χ0v) is 24.5. The summed E-state index contributed by atoms with van der Waals surface area (Å²) in [5, 5.41) is 12.9. The molecule has 242 valence electrons. The van der Waals surface area contributed by atoms with Crippen LogP contribution < -0.4 is 21.5 Å². The Morgan fingerprint density at radius 3 is 2.28 bits per heavy atom. The minimum absolute atomic E-state index is 0.174. The van der Waals surface area contributed by atoms with Gasteiger partial charge in [0, 0.05) is 56.4 Å². The van der Waals surface area contributed by atoms with Gasteiger partial charge >= 0.3 is 17.8 Å². The lowest BCUT2D eigenvalue weighted by Gasteiger charge is -2.42. The van der Waals surface area contributed by atoms with Crippen molar-refractivity contribution in [2.45, 2.75) is 24.7 Å². The number of fused-ring (bicyclic) bond motifs is 1. The molecule has 1 aliphatic rings. The lowest BCUT2D eigenvalue weighted by atomic mass is 9.97. The largest absolute Gasteiger partial charge is 0.480 e. The third-order valence-electron chi connectivity index (χ3n) is 7.96. The van der Waals surface area contributed by atoms with Crippen molar-refractivity contribution in [1.82, 2.24) is 19.4 Å². The Hall–Kier alpha value is -5.05. The molecule has 1 unspecified atom stereocenters. The third kappa shape index (κ3) is 6.22. The minimum atomic E-state index is -4.69. The van der Waals surface area contributed by atoms with Gasteiger partial charge in [-0.25, -0.2) is 22.9 Å². The van der Waals surface area contributed by atoms with Crippen LogP contribution in [0.3, 0.4) is 0 Å². The van der Waals surface area contributed by atoms with Crippen LogP contribution in [0.4, 0.5) is 27.6 Å². The molecule has 1 fully saturated rings. The number of piperazine rings is 1. The molecular formula is C31H28F5N5O5. The average molecular weight is 646 g/mol. The molecule has 0 aliphatic carbocycles. The van der Waals surface area contributed by atoms with E-state index in [9.17, 15) is 37.5 Å². The zero-order chi connectivity index (χ0) is 33.5. The molecule has 1 aromatic heterocycles. The van der Waals surface area contributed by atoms with Gasteiger partial charge in [0.1, 0.15) is 29.3 Å². The predicted molar refractivity (Wildman–Crippen MR) is 158 cm³/mol. The average Bonchev–Trinajstić information content (AvgIpc) is 2.98. The van der Waals surface area contributed by atoms with Gasteiger partial charge in [-0.2, -0.15) is 13.2 Å². The van der Waals surface area contributed by atoms with E-state index in [2.05, 4.69) is 5.32 Å². The first-order chi connectivity index (χ1) is 21.7. The van der Waals surface area contributed by atoms with Crippen molar-refractivity contribution in [2.75, 3.05) is 31.6 Å². The standard InChI is InChI=1S/C31H28F5N5O5/c1-38-11-12-40(25(16-38)31(34,35)36)18-14-21(32)27(22(33)15-18)28(43)37-23(29(44)45)13-17-5-3-7-20-19(17)6-4-8-24(20)41-26(42)9-10-39(2)30(41)46/h3-10,14-15,23,25H,11-13,16H2,1-2H3,(H,37,43)(H,44,45)/t23?,25-/m1/s1. The fraction of sp³-hybridized carbons (Fsp3) is 0.290. The number of alkyl halides is 3. The normalized spacial score (nSPS) is 16.4. The summed E-state index contributed by atoms with van der Waals surface area (Å²) in [6.07, 6.45) is -3.73. The van der Waals surface area contributed by atoms with Gasteiger partial charge in [-0.15, -0.1) is 0 Å². The number of aryl methyl sites for hydroxylation is 1. The number of hydrogen-bond acceptors (Lipinski definition) is 6. The molecule has 2 N–H and O–H groups in total. The summed E-state index contributed by atoms with van der Waals surface area (Å²) in [6.45, 7) is -0.400. The monoisotopic (exact) mass is 645 g/mol. The zero-order valence-electron chi connectivity index (χ0n) is 24.5. The van der Waals surface area contributed by atoms with Gasteiger partial charge in [-0.3, -0.25) is 9.59 Å². The second-order valence-electron chi connectivity index (χ2n) is 11.0. The van der Waals surface area contributed by atoms with E-state index in [1.807, 2.05) is 0 Å². The number of carbonyl (C=O) groups excluding carboxylic acids is 1. The van der Waals surface area contributed by atoms with Crippen LogP contribution in [0.15, 0.2) is 70.4 Å². The number of amides is 1. The first kappa shape index (κ1) is 32.3. The van der Waals surface area contributed by atoms with Crippen LogP contribution in [0.1, 0.15) is 15.9 Å². The van der Waals surface area contributed by atoms with Gasteiger partial charge in [0.2, 0.25) is 0 Å². The number of carbonyl (C=O) groups is 2. The fourth-order valence-electron chi connectivity index (χ4n) is 5.62. The number of carboxylic acids is 1. The van der Waals surface area contributed by atoms with Crippen LogP contribution >= 0.6 is 0 Å². The molecule has 1 aliphatic heterocycles. The molecule has 0 saturated carbocycles. The highest BCUT2D eigenvalue weighted by Crippen LogP contribution is 2.33. The summed E-state index contributed by atoms with van der Waals surface area (Å²) in [5.74, 6) is -5.86. The summed E-state index contributed by atoms with van der Waals surface area (Å²) in [5.41, 5.74) is -2.15. The number of likely N-dealkylation sites (N-methyl/N-ethyl adjacent to an activating group) is 1. The van der Waals surface area contributed by atoms with Gasteiger partial charge in [0.25, 0.3) is 11.5 Å². The highest BCUT2D eigenvalue weighted by Gasteiger charge is 2.46. The molecule has 4 aromatic rings. The van der Waals surface area contributed by atoms with Crippen LogP contribution in [-0.4, -0.2) is 76.0 Å². The lowest BCUT2D eigenvalue weighted by molar-refractivity contribution is -0.155. The van der Waals surface area contributed by atoms with Crippen LogP contribution in [-0.2, 0) is 18.3 Å². The first-order valence-electron chi connectivity index (χ1n) is 14.0. The summed E-state index contributed by atoms with van der Waals surface area (Å²) in [4.78, 5) is 52.8. The second kappa shape index (κ2) is 12.4. The third-order valence-corrected chi connectivity index (χ3v) is 7.96. The van der Waals surface area contributed by atoms with Crippen molar-refractivity contribution in [3.05, 3.63) is 104 Å². The van der Waals surface area contributed by atoms with Gasteiger partial charge in [0.15, 0.2) is 0 Å². The molecule has 2 atom stereocenters. The number of carboxylic acid groups (broad SMARTS) is 1. The maximum absolute atomic E-state index is 15.2. The maximum Gasteiger partial charge on any atom is 0.409 e. The Morgan fingerprint density at radius 2 is 1.63 bits per heavy atom. The van der Waals surface area contributed by atoms with Gasteiger partial charge in [0.05, 0.1) is 5.69 Å². The number of aromatic nitrogens is 2. The van der Waals surface area contributed by atoms with Crippen molar-refractivity contribution in [2.24, 2.45) is 7.05 Å². The van der Waals surface area contributed by atoms with E-state index >= 15 is 8.78 Å². The van der Waals surface area contributed by atoms with E-state index < -0.39 is 70.8 Å². The number of halogens is 5. The van der Waals surface area contributed by atoms with Crippen LogP contribution in [0.25, 0.3) is 16.5 Å². The van der Waals surface area contributed by atoms with Crippen molar-refractivity contribution in [1.29, 1.82) is 0 Å². The molecule has 0 radical (unpaired) electrons. The number of nitrogens with zero attached hydrogens (tertiary/aromatic N) is 4. The van der Waals surface area contributed by atoms with Crippen molar-refractivity contribution < 1.29 is 36.6 Å². The maximum atomic E-state index is 15.2. The number of anilines is 1. The topological polar surface area (TPSA) is 117 Å². The Kier molecular flexibility index (Phi) is 8.71. The Labute approximate surface area is 257 Å². The number of rotatable bonds is 7. The number of nitrogens with one attached hydrogen (secondary N) is 1. The molecule has 1 amide bonds. The van der Waals surface area contributed by atoms with Crippen LogP contribution in [0.5, 0.6) is 0 Å². The van der Waals surface area contributed by atoms with Crippen LogP contribution in [0.2, 0.25) is 0 Å². The SMILES string of the molecule is CN1CCN(c2cc(F)c(C(=O)NC(Cc3cccc4c(-n5c(=O)ccn(C)c5=O)cccc34)C(=O)O)c(F)c2)[C@@H](C(F)(F)F)C1. The van der Waals surface area contributed by atoms with Crippen molar-refractivity contribution in [3.63, 3.8) is 0 Å². The number of benzene rings is 3. The van der Waals surface area contributed by atoms with E-state index in [1.54, 1.807) is 36.4 Å². The highest BCUT2D eigenvalue weighted by atomic mass is 19.4. The number of aliphatic carboxylic acids is 1. The summed E-state index contributed by atoms with van der Waals surface area (Å²) >= 11 is 0. The van der Waals surface area contributed by atoms with E-state index in [0.29, 0.717) is 28.5 Å². The minimum Gasteiger partial charge on any atom is -0.480 e.